The molecule has 0 atom stereocenters. The first kappa shape index (κ1) is 28.1. The molecule has 0 saturated heterocycles. The van der Waals surface area contributed by atoms with Crippen LogP contribution in [0, 0.1) is 0 Å². The van der Waals surface area contributed by atoms with Crippen molar-refractivity contribution in [1.29, 1.82) is 0 Å². The van der Waals surface area contributed by atoms with Gasteiger partial charge in [-0.15, -0.1) is 22.7 Å². The summed E-state index contributed by atoms with van der Waals surface area (Å²) in [7, 11) is 0. The van der Waals surface area contributed by atoms with Crippen molar-refractivity contribution >= 4 is 95.3 Å². The minimum Gasteiger partial charge on any atom is -0.135 e. The van der Waals surface area contributed by atoms with Crippen molar-refractivity contribution in [2.24, 2.45) is 0 Å². The van der Waals surface area contributed by atoms with E-state index < -0.39 is 0 Å². The molecule has 2 aromatic heterocycles. The Labute approximate surface area is 297 Å². The van der Waals surface area contributed by atoms with Crippen LogP contribution in [0.3, 0.4) is 0 Å². The summed E-state index contributed by atoms with van der Waals surface area (Å²) in [4.78, 5) is 0. The lowest BCUT2D eigenvalue weighted by Crippen LogP contribution is -1.90. The molecule has 0 fully saturated rings. The molecule has 0 aliphatic heterocycles. The minimum atomic E-state index is 1.25. The van der Waals surface area contributed by atoms with Gasteiger partial charge in [-0.05, 0) is 84.6 Å². The van der Waals surface area contributed by atoms with Crippen LogP contribution in [0.4, 0.5) is 0 Å². The fraction of sp³-hybridized carbons (Fsp3) is 0. The summed E-state index contributed by atoms with van der Waals surface area (Å²) in [6, 6.07) is 63.0. The summed E-state index contributed by atoms with van der Waals surface area (Å²) < 4.78 is 5.36. The second kappa shape index (κ2) is 10.9. The van der Waals surface area contributed by atoms with Crippen LogP contribution in [0.15, 0.2) is 170 Å². The van der Waals surface area contributed by atoms with E-state index in [1.165, 1.54) is 106 Å². The SMILES string of the molecule is c1ccc(-c2c3ccccc3c(-c3ccc4c(c3)sc3cc(-c5cc6c7ccccc7sc6c6ccccc56)ccc34)c3ccccc23)cc1. The number of thiophene rings is 2. The van der Waals surface area contributed by atoms with Crippen LogP contribution < -0.4 is 0 Å². The van der Waals surface area contributed by atoms with Gasteiger partial charge >= 0.3 is 0 Å². The molecule has 0 unspecified atom stereocenters. The van der Waals surface area contributed by atoms with Gasteiger partial charge in [0.1, 0.15) is 0 Å². The number of benzene rings is 9. The van der Waals surface area contributed by atoms with E-state index in [2.05, 4.69) is 170 Å². The molecule has 0 bridgehead atoms. The lowest BCUT2D eigenvalue weighted by atomic mass is 9.86. The Kier molecular flexibility index (Phi) is 6.09. The number of hydrogen-bond donors (Lipinski definition) is 0. The first-order valence-corrected chi connectivity index (χ1v) is 18.7. The van der Waals surface area contributed by atoms with E-state index in [0.29, 0.717) is 0 Å². The number of rotatable bonds is 3. The number of fused-ring (bicyclic) bond motifs is 10. The zero-order valence-electron chi connectivity index (χ0n) is 27.0. The van der Waals surface area contributed by atoms with Crippen molar-refractivity contribution in [3.63, 3.8) is 0 Å². The van der Waals surface area contributed by atoms with Gasteiger partial charge in [-0.2, -0.15) is 0 Å². The van der Waals surface area contributed by atoms with Crippen LogP contribution in [0.5, 0.6) is 0 Å². The van der Waals surface area contributed by atoms with Crippen molar-refractivity contribution < 1.29 is 0 Å². The van der Waals surface area contributed by atoms with Crippen molar-refractivity contribution in [3.8, 4) is 33.4 Å². The molecule has 50 heavy (non-hydrogen) atoms. The van der Waals surface area contributed by atoms with Crippen molar-refractivity contribution in [2.45, 2.75) is 0 Å². The molecule has 0 saturated carbocycles. The van der Waals surface area contributed by atoms with E-state index in [-0.39, 0.29) is 0 Å². The van der Waals surface area contributed by atoms with Crippen LogP contribution in [-0.2, 0) is 0 Å². The third-order valence-electron chi connectivity index (χ3n) is 10.5. The lowest BCUT2D eigenvalue weighted by Gasteiger charge is -2.17. The van der Waals surface area contributed by atoms with Gasteiger partial charge in [0.15, 0.2) is 0 Å². The molecule has 0 aliphatic rings. The van der Waals surface area contributed by atoms with Crippen molar-refractivity contribution in [2.75, 3.05) is 0 Å². The molecule has 232 valence electrons. The van der Waals surface area contributed by atoms with Crippen molar-refractivity contribution in [3.05, 3.63) is 170 Å². The molecule has 0 nitrogen and oxygen atoms in total. The third kappa shape index (κ3) is 4.10. The highest BCUT2D eigenvalue weighted by atomic mass is 32.1. The van der Waals surface area contributed by atoms with Gasteiger partial charge in [0, 0.05) is 45.7 Å². The van der Waals surface area contributed by atoms with Gasteiger partial charge in [0.05, 0.1) is 0 Å². The maximum atomic E-state index is 2.43. The van der Waals surface area contributed by atoms with Gasteiger partial charge in [0.2, 0.25) is 0 Å². The lowest BCUT2D eigenvalue weighted by molar-refractivity contribution is 1.66. The molecule has 2 heterocycles. The highest BCUT2D eigenvalue weighted by Gasteiger charge is 2.18. The topological polar surface area (TPSA) is 0 Å². The Morgan fingerprint density at radius 1 is 0.260 bits per heavy atom. The second-order valence-electron chi connectivity index (χ2n) is 13.2. The van der Waals surface area contributed by atoms with Gasteiger partial charge in [-0.3, -0.25) is 0 Å². The maximum Gasteiger partial charge on any atom is 0.0434 e. The van der Waals surface area contributed by atoms with E-state index in [1.54, 1.807) is 0 Å². The molecule has 11 aromatic rings. The largest absolute Gasteiger partial charge is 0.135 e. The standard InChI is InChI=1S/C48H28S2/c1-2-12-29(13-3-1)46-36-16-5-7-18-38(36)47(39-19-8-6-17-37(39)46)31-23-25-35-34-24-22-30(26-44(34)49-45(35)27-31)41-28-42-33-15-10-11-21-43(33)50-48(42)40-20-9-4-14-32(40)41/h1-28H. The Morgan fingerprint density at radius 2 is 0.740 bits per heavy atom. The van der Waals surface area contributed by atoms with E-state index in [4.69, 9.17) is 0 Å². The average Bonchev–Trinajstić information content (AvgIpc) is 3.74. The zero-order chi connectivity index (χ0) is 32.8. The molecule has 0 amide bonds. The predicted octanol–water partition coefficient (Wildman–Crippen LogP) is 14.9. The van der Waals surface area contributed by atoms with Gasteiger partial charge < -0.3 is 0 Å². The summed E-state index contributed by atoms with van der Waals surface area (Å²) in [5, 5.41) is 13.1. The predicted molar refractivity (Wildman–Crippen MR) is 221 cm³/mol. The molecule has 0 N–H and O–H groups in total. The van der Waals surface area contributed by atoms with Crippen LogP contribution >= 0.6 is 22.7 Å². The molecule has 9 aromatic carbocycles. The van der Waals surface area contributed by atoms with Crippen LogP contribution in [0.1, 0.15) is 0 Å². The molecule has 2 heteroatoms. The second-order valence-corrected chi connectivity index (χ2v) is 15.3. The normalized spacial score (nSPS) is 12.0. The zero-order valence-corrected chi connectivity index (χ0v) is 28.6. The Morgan fingerprint density at radius 3 is 1.40 bits per heavy atom. The van der Waals surface area contributed by atoms with Gasteiger partial charge in [-0.25, -0.2) is 0 Å². The fourth-order valence-electron chi connectivity index (χ4n) is 8.24. The van der Waals surface area contributed by atoms with E-state index in [1.807, 2.05) is 22.7 Å². The minimum absolute atomic E-state index is 1.25. The number of hydrogen-bond acceptors (Lipinski definition) is 2. The Balaban J connectivity index is 1.12. The average molecular weight is 669 g/mol. The maximum absolute atomic E-state index is 2.43. The van der Waals surface area contributed by atoms with Crippen LogP contribution in [0.2, 0.25) is 0 Å². The monoisotopic (exact) mass is 668 g/mol. The van der Waals surface area contributed by atoms with E-state index in [9.17, 15) is 0 Å². The molecule has 11 rings (SSSR count). The first-order chi connectivity index (χ1) is 24.8. The van der Waals surface area contributed by atoms with Crippen LogP contribution in [0.25, 0.3) is 106 Å². The molecular weight excluding hydrogens is 641 g/mol. The van der Waals surface area contributed by atoms with Crippen LogP contribution in [-0.4, -0.2) is 0 Å². The Hall–Kier alpha value is -5.80. The summed E-state index contributed by atoms with van der Waals surface area (Å²) in [6.45, 7) is 0. The van der Waals surface area contributed by atoms with Gasteiger partial charge in [0.25, 0.3) is 0 Å². The smallest absolute Gasteiger partial charge is 0.0434 e. The summed E-state index contributed by atoms with van der Waals surface area (Å²) in [5.74, 6) is 0. The summed E-state index contributed by atoms with van der Waals surface area (Å²) in [6.07, 6.45) is 0. The summed E-state index contributed by atoms with van der Waals surface area (Å²) >= 11 is 3.81. The highest BCUT2D eigenvalue weighted by Crippen LogP contribution is 2.47. The highest BCUT2D eigenvalue weighted by molar-refractivity contribution is 7.27. The quantitative estimate of drug-likeness (QED) is 0.164. The summed E-state index contributed by atoms with van der Waals surface area (Å²) in [5.41, 5.74) is 7.69. The molecular formula is C48H28S2. The van der Waals surface area contributed by atoms with E-state index in [0.717, 1.165) is 0 Å². The third-order valence-corrected chi connectivity index (χ3v) is 12.8. The first-order valence-electron chi connectivity index (χ1n) is 17.1. The molecule has 0 spiro atoms. The van der Waals surface area contributed by atoms with Gasteiger partial charge in [-0.1, -0.05) is 146 Å². The molecule has 0 radical (unpaired) electrons. The van der Waals surface area contributed by atoms with E-state index >= 15 is 0 Å². The fourth-order valence-corrected chi connectivity index (χ4v) is 10.6. The van der Waals surface area contributed by atoms with Crippen molar-refractivity contribution in [1.82, 2.24) is 0 Å². The molecule has 0 aliphatic carbocycles. The Bertz CT molecular complexity index is 3080.